The van der Waals surface area contributed by atoms with Crippen LogP contribution in [-0.4, -0.2) is 69.9 Å². The van der Waals surface area contributed by atoms with Crippen LogP contribution in [0.15, 0.2) is 36.4 Å². The van der Waals surface area contributed by atoms with Gasteiger partial charge >= 0.3 is 0 Å². The van der Waals surface area contributed by atoms with Crippen LogP contribution in [0.25, 0.3) is 22.4 Å². The summed E-state index contributed by atoms with van der Waals surface area (Å²) in [4.78, 5) is 38.8. The topological polar surface area (TPSA) is 115 Å². The van der Waals surface area contributed by atoms with Gasteiger partial charge in [-0.2, -0.15) is 0 Å². The van der Waals surface area contributed by atoms with Crippen molar-refractivity contribution >= 4 is 28.7 Å². The molecule has 9 nitrogen and oxygen atoms in total. The Kier molecular flexibility index (Phi) is 6.36. The van der Waals surface area contributed by atoms with Crippen molar-refractivity contribution in [1.82, 2.24) is 30.5 Å². The Morgan fingerprint density at radius 1 is 1.09 bits per heavy atom. The van der Waals surface area contributed by atoms with E-state index in [1.807, 2.05) is 41.3 Å². The van der Waals surface area contributed by atoms with Gasteiger partial charge in [-0.15, -0.1) is 0 Å². The fourth-order valence-corrected chi connectivity index (χ4v) is 4.06. The van der Waals surface area contributed by atoms with Gasteiger partial charge in [0.15, 0.2) is 5.82 Å². The first-order valence-corrected chi connectivity index (χ1v) is 10.9. The Morgan fingerprint density at radius 3 is 2.50 bits per heavy atom. The molecule has 1 aliphatic heterocycles. The Hall–Kier alpha value is -3.46. The lowest BCUT2D eigenvalue weighted by Crippen LogP contribution is -2.55. The SMILES string of the molecule is CC(=O)NCCNc1nc(-c2ccccc2)nc2[nH]c(C(=O)N3C[C@@H](C)N[C@@H](C)C3)cc12. The van der Waals surface area contributed by atoms with Crippen molar-refractivity contribution in [2.45, 2.75) is 32.9 Å². The molecule has 4 N–H and O–H groups in total. The first-order chi connectivity index (χ1) is 15.4. The highest BCUT2D eigenvalue weighted by atomic mass is 16.2. The average Bonchev–Trinajstić information content (AvgIpc) is 3.20. The predicted molar refractivity (Wildman–Crippen MR) is 124 cm³/mol. The van der Waals surface area contributed by atoms with Crippen molar-refractivity contribution in [3.63, 3.8) is 0 Å². The molecule has 4 rings (SSSR count). The molecule has 1 aromatic carbocycles. The summed E-state index contributed by atoms with van der Waals surface area (Å²) in [5.41, 5.74) is 1.97. The Morgan fingerprint density at radius 2 is 1.81 bits per heavy atom. The van der Waals surface area contributed by atoms with Crippen molar-refractivity contribution in [1.29, 1.82) is 0 Å². The van der Waals surface area contributed by atoms with Crippen LogP contribution < -0.4 is 16.0 Å². The number of rotatable bonds is 6. The van der Waals surface area contributed by atoms with Gasteiger partial charge < -0.3 is 25.8 Å². The molecule has 0 unspecified atom stereocenters. The van der Waals surface area contributed by atoms with Gasteiger partial charge in [-0.1, -0.05) is 30.3 Å². The largest absolute Gasteiger partial charge is 0.368 e. The standard InChI is InChI=1S/C23H29N7O2/c1-14-12-30(13-15(2)26-14)23(32)19-11-18-21(25-10-9-24-16(3)31)28-20(29-22(18)27-19)17-7-5-4-6-8-17/h4-8,11,14-15,26H,9-10,12-13H2,1-3H3,(H,24,31)(H2,25,27,28,29)/t14-,15+. The highest BCUT2D eigenvalue weighted by Crippen LogP contribution is 2.26. The number of fused-ring (bicyclic) bond motifs is 1. The molecule has 32 heavy (non-hydrogen) atoms. The normalized spacial score (nSPS) is 18.5. The molecule has 0 bridgehead atoms. The Bertz CT molecular complexity index is 1100. The van der Waals surface area contributed by atoms with Gasteiger partial charge in [0.1, 0.15) is 17.2 Å². The molecule has 168 valence electrons. The van der Waals surface area contributed by atoms with Gasteiger partial charge in [-0.3, -0.25) is 9.59 Å². The molecule has 2 atom stereocenters. The maximum Gasteiger partial charge on any atom is 0.270 e. The van der Waals surface area contributed by atoms with Crippen LogP contribution in [-0.2, 0) is 4.79 Å². The summed E-state index contributed by atoms with van der Waals surface area (Å²) in [7, 11) is 0. The number of hydrogen-bond donors (Lipinski definition) is 4. The number of carbonyl (C=O) groups is 2. The molecule has 1 saturated heterocycles. The zero-order chi connectivity index (χ0) is 22.7. The lowest BCUT2D eigenvalue weighted by atomic mass is 10.1. The summed E-state index contributed by atoms with van der Waals surface area (Å²) in [6.45, 7) is 7.92. The van der Waals surface area contributed by atoms with Crippen LogP contribution >= 0.6 is 0 Å². The van der Waals surface area contributed by atoms with Gasteiger partial charge in [0.2, 0.25) is 5.91 Å². The van der Waals surface area contributed by atoms with Crippen molar-refractivity contribution < 1.29 is 9.59 Å². The number of benzene rings is 1. The minimum Gasteiger partial charge on any atom is -0.368 e. The van der Waals surface area contributed by atoms with E-state index in [9.17, 15) is 9.59 Å². The Labute approximate surface area is 187 Å². The molecule has 9 heteroatoms. The first kappa shape index (κ1) is 21.8. The molecule has 0 spiro atoms. The zero-order valence-corrected chi connectivity index (χ0v) is 18.6. The minimum atomic E-state index is -0.0846. The van der Waals surface area contributed by atoms with E-state index in [1.54, 1.807) is 0 Å². The van der Waals surface area contributed by atoms with Crippen molar-refractivity contribution in [2.24, 2.45) is 0 Å². The monoisotopic (exact) mass is 435 g/mol. The van der Waals surface area contributed by atoms with Crippen molar-refractivity contribution in [3.05, 3.63) is 42.1 Å². The van der Waals surface area contributed by atoms with E-state index in [0.29, 0.717) is 49.2 Å². The first-order valence-electron chi connectivity index (χ1n) is 10.9. The number of carbonyl (C=O) groups excluding carboxylic acids is 2. The lowest BCUT2D eigenvalue weighted by molar-refractivity contribution is -0.118. The van der Waals surface area contributed by atoms with E-state index in [1.165, 1.54) is 6.92 Å². The van der Waals surface area contributed by atoms with Gasteiger partial charge in [-0.05, 0) is 19.9 Å². The van der Waals surface area contributed by atoms with E-state index in [-0.39, 0.29) is 23.9 Å². The maximum absolute atomic E-state index is 13.2. The number of aromatic amines is 1. The summed E-state index contributed by atoms with van der Waals surface area (Å²) in [5, 5.41) is 10.2. The number of H-pyrrole nitrogens is 1. The van der Waals surface area contributed by atoms with Gasteiger partial charge in [0.25, 0.3) is 5.91 Å². The number of piperazine rings is 1. The lowest BCUT2D eigenvalue weighted by Gasteiger charge is -2.35. The number of nitrogens with zero attached hydrogens (tertiary/aromatic N) is 3. The highest BCUT2D eigenvalue weighted by molar-refractivity contribution is 6.00. The van der Waals surface area contributed by atoms with Crippen LogP contribution in [0.3, 0.4) is 0 Å². The molecule has 3 aromatic rings. The number of nitrogens with one attached hydrogen (secondary N) is 4. The van der Waals surface area contributed by atoms with E-state index >= 15 is 0 Å². The van der Waals surface area contributed by atoms with Crippen LogP contribution in [0.2, 0.25) is 0 Å². The van der Waals surface area contributed by atoms with E-state index < -0.39 is 0 Å². The second-order valence-corrected chi connectivity index (χ2v) is 8.30. The van der Waals surface area contributed by atoms with Crippen LogP contribution in [0, 0.1) is 0 Å². The van der Waals surface area contributed by atoms with Gasteiger partial charge in [0, 0.05) is 50.7 Å². The number of amides is 2. The number of hydrogen-bond acceptors (Lipinski definition) is 6. The summed E-state index contributed by atoms with van der Waals surface area (Å²) in [5.74, 6) is 1.05. The second-order valence-electron chi connectivity index (χ2n) is 8.30. The molecular formula is C23H29N7O2. The third-order valence-corrected chi connectivity index (χ3v) is 5.39. The van der Waals surface area contributed by atoms with E-state index in [4.69, 9.17) is 4.98 Å². The van der Waals surface area contributed by atoms with Gasteiger partial charge in [-0.25, -0.2) is 9.97 Å². The highest BCUT2D eigenvalue weighted by Gasteiger charge is 2.27. The summed E-state index contributed by atoms with van der Waals surface area (Å²) in [6, 6.07) is 12.0. The number of anilines is 1. The van der Waals surface area contributed by atoms with Crippen molar-refractivity contribution in [2.75, 3.05) is 31.5 Å². The molecule has 0 radical (unpaired) electrons. The smallest absolute Gasteiger partial charge is 0.270 e. The number of aromatic nitrogens is 3. The quantitative estimate of drug-likeness (QED) is 0.440. The van der Waals surface area contributed by atoms with E-state index in [0.717, 1.165) is 10.9 Å². The molecule has 2 aromatic heterocycles. The molecule has 1 aliphatic rings. The van der Waals surface area contributed by atoms with Crippen molar-refractivity contribution in [3.8, 4) is 11.4 Å². The second kappa shape index (κ2) is 9.35. The summed E-state index contributed by atoms with van der Waals surface area (Å²) < 4.78 is 0. The fraction of sp³-hybridized carbons (Fsp3) is 0.391. The fourth-order valence-electron chi connectivity index (χ4n) is 4.06. The molecule has 2 amide bonds. The van der Waals surface area contributed by atoms with Crippen LogP contribution in [0.5, 0.6) is 0 Å². The maximum atomic E-state index is 13.2. The average molecular weight is 436 g/mol. The Balaban J connectivity index is 1.67. The minimum absolute atomic E-state index is 0.0475. The molecule has 1 fully saturated rings. The molecule has 3 heterocycles. The summed E-state index contributed by atoms with van der Waals surface area (Å²) >= 11 is 0. The third kappa shape index (κ3) is 4.88. The van der Waals surface area contributed by atoms with Crippen LogP contribution in [0.1, 0.15) is 31.3 Å². The molecule has 0 aliphatic carbocycles. The third-order valence-electron chi connectivity index (χ3n) is 5.39. The zero-order valence-electron chi connectivity index (χ0n) is 18.6. The van der Waals surface area contributed by atoms with Gasteiger partial charge in [0.05, 0.1) is 5.39 Å². The van der Waals surface area contributed by atoms with E-state index in [2.05, 4.69) is 39.8 Å². The predicted octanol–water partition coefficient (Wildman–Crippen LogP) is 2.00. The molecule has 0 saturated carbocycles. The molecular weight excluding hydrogens is 406 g/mol. The summed E-state index contributed by atoms with van der Waals surface area (Å²) in [6.07, 6.45) is 0. The van der Waals surface area contributed by atoms with Crippen LogP contribution in [0.4, 0.5) is 5.82 Å².